The van der Waals surface area contributed by atoms with Crippen LogP contribution in [-0.2, 0) is 10.2 Å². The van der Waals surface area contributed by atoms with Crippen molar-refractivity contribution in [3.8, 4) is 11.3 Å². The zero-order chi connectivity index (χ0) is 34.0. The molecule has 0 radical (unpaired) electrons. The van der Waals surface area contributed by atoms with E-state index in [9.17, 15) is 9.59 Å². The standard InChI is InChI=1S/C37H45FN8O2/c1-7-39-34(47)23-11-12-26(38)28(15-23)43-33-31-29(41-21-45(31)22(2)3)17-27(42-33)24-16-30-32(40-20-24)36(4,5)35(48)46(30)25-18-37(6,19-25)44-13-9-8-10-14-44/h11-12,15-17,20-22,25H,7-10,13-14,18-19H2,1-6H3,(H,39,47)(H,42,43)/t25-,37+. The number of amides is 2. The molecule has 0 unspecified atom stereocenters. The zero-order valence-electron chi connectivity index (χ0n) is 28.7. The fourth-order valence-corrected chi connectivity index (χ4v) is 7.80. The molecular weight excluding hydrogens is 607 g/mol. The Morgan fingerprint density at radius 2 is 1.81 bits per heavy atom. The van der Waals surface area contributed by atoms with E-state index in [0.29, 0.717) is 29.1 Å². The second-order valence-corrected chi connectivity index (χ2v) is 14.6. The molecule has 0 bridgehead atoms. The molecule has 2 amide bonds. The van der Waals surface area contributed by atoms with E-state index in [0.717, 1.165) is 48.4 Å². The summed E-state index contributed by atoms with van der Waals surface area (Å²) in [7, 11) is 0. The van der Waals surface area contributed by atoms with Gasteiger partial charge in [0.1, 0.15) is 11.3 Å². The molecule has 1 aromatic carbocycles. The van der Waals surface area contributed by atoms with E-state index in [1.54, 1.807) is 12.5 Å². The number of hydrogen-bond acceptors (Lipinski definition) is 7. The van der Waals surface area contributed by atoms with Crippen LogP contribution in [0.1, 0.15) is 95.7 Å². The maximum Gasteiger partial charge on any atom is 0.251 e. The highest BCUT2D eigenvalue weighted by molar-refractivity contribution is 6.08. The predicted molar refractivity (Wildman–Crippen MR) is 186 cm³/mol. The van der Waals surface area contributed by atoms with Gasteiger partial charge in [-0.1, -0.05) is 6.42 Å². The Balaban J connectivity index is 1.27. The Morgan fingerprint density at radius 1 is 1.06 bits per heavy atom. The monoisotopic (exact) mass is 652 g/mol. The summed E-state index contributed by atoms with van der Waals surface area (Å²) >= 11 is 0. The van der Waals surface area contributed by atoms with Crippen LogP contribution in [0.4, 0.5) is 21.6 Å². The van der Waals surface area contributed by atoms with Crippen molar-refractivity contribution in [2.24, 2.45) is 0 Å². The van der Waals surface area contributed by atoms with Gasteiger partial charge in [0.25, 0.3) is 5.91 Å². The van der Waals surface area contributed by atoms with Gasteiger partial charge in [0.15, 0.2) is 5.82 Å². The van der Waals surface area contributed by atoms with Crippen molar-refractivity contribution in [1.29, 1.82) is 0 Å². The normalized spacial score (nSPS) is 22.2. The molecule has 0 spiro atoms. The summed E-state index contributed by atoms with van der Waals surface area (Å²) in [5, 5.41) is 5.95. The molecule has 2 N–H and O–H groups in total. The van der Waals surface area contributed by atoms with E-state index in [4.69, 9.17) is 9.97 Å². The van der Waals surface area contributed by atoms with Crippen molar-refractivity contribution in [1.82, 2.24) is 29.7 Å². The lowest BCUT2D eigenvalue weighted by atomic mass is 9.71. The highest BCUT2D eigenvalue weighted by Crippen LogP contribution is 2.50. The van der Waals surface area contributed by atoms with E-state index in [1.807, 2.05) is 56.2 Å². The molecule has 0 atom stereocenters. The minimum Gasteiger partial charge on any atom is -0.352 e. The van der Waals surface area contributed by atoms with Crippen LogP contribution < -0.4 is 15.5 Å². The van der Waals surface area contributed by atoms with Gasteiger partial charge < -0.3 is 20.1 Å². The Kier molecular flexibility index (Phi) is 8.01. The van der Waals surface area contributed by atoms with Gasteiger partial charge in [0, 0.05) is 41.5 Å². The average Bonchev–Trinajstić information content (AvgIpc) is 3.57. The van der Waals surface area contributed by atoms with Crippen molar-refractivity contribution < 1.29 is 14.0 Å². The number of rotatable bonds is 8. The summed E-state index contributed by atoms with van der Waals surface area (Å²) in [6.45, 7) is 14.9. The number of hydrogen-bond donors (Lipinski definition) is 2. The largest absolute Gasteiger partial charge is 0.352 e. The van der Waals surface area contributed by atoms with Gasteiger partial charge >= 0.3 is 0 Å². The third kappa shape index (κ3) is 5.32. The average molecular weight is 653 g/mol. The molecular formula is C37H45FN8O2. The van der Waals surface area contributed by atoms with Crippen molar-refractivity contribution in [3.05, 3.63) is 59.9 Å². The van der Waals surface area contributed by atoms with Crippen molar-refractivity contribution in [2.45, 2.75) is 96.7 Å². The van der Waals surface area contributed by atoms with E-state index in [1.165, 1.54) is 37.5 Å². The number of carbonyl (C=O) groups is 2. The first kappa shape index (κ1) is 32.2. The molecule has 2 fully saturated rings. The maximum absolute atomic E-state index is 15.2. The fraction of sp³-hybridized carbons (Fsp3) is 0.486. The number of benzene rings is 1. The number of nitrogens with one attached hydrogen (secondary N) is 2. The number of aromatic nitrogens is 4. The molecule has 48 heavy (non-hydrogen) atoms. The van der Waals surface area contributed by atoms with Gasteiger partial charge in [0.05, 0.1) is 40.0 Å². The molecule has 3 aliphatic rings. The summed E-state index contributed by atoms with van der Waals surface area (Å²) in [5.41, 5.74) is 4.18. The summed E-state index contributed by atoms with van der Waals surface area (Å²) in [4.78, 5) is 45.7. The Morgan fingerprint density at radius 3 is 2.52 bits per heavy atom. The molecule has 10 nitrogen and oxygen atoms in total. The van der Waals surface area contributed by atoms with Gasteiger partial charge in [-0.15, -0.1) is 0 Å². The van der Waals surface area contributed by atoms with Gasteiger partial charge in [-0.25, -0.2) is 14.4 Å². The Labute approximate surface area is 281 Å². The third-order valence-electron chi connectivity index (χ3n) is 10.5. The predicted octanol–water partition coefficient (Wildman–Crippen LogP) is 6.74. The summed E-state index contributed by atoms with van der Waals surface area (Å²) in [5.74, 6) is -0.303. The van der Waals surface area contributed by atoms with Gasteiger partial charge in [-0.2, -0.15) is 0 Å². The Hall–Kier alpha value is -4.38. The molecule has 5 heterocycles. The first-order chi connectivity index (χ1) is 22.9. The van der Waals surface area contributed by atoms with Crippen LogP contribution in [0.5, 0.6) is 0 Å². The fourth-order valence-electron chi connectivity index (χ4n) is 7.80. The van der Waals surface area contributed by atoms with Crippen molar-refractivity contribution in [3.63, 3.8) is 0 Å². The highest BCUT2D eigenvalue weighted by atomic mass is 19.1. The second kappa shape index (κ2) is 11.9. The van der Waals surface area contributed by atoms with Gasteiger partial charge in [-0.3, -0.25) is 19.5 Å². The quantitative estimate of drug-likeness (QED) is 0.217. The second-order valence-electron chi connectivity index (χ2n) is 14.6. The van der Waals surface area contributed by atoms with Crippen LogP contribution in [0.15, 0.2) is 42.9 Å². The summed E-state index contributed by atoms with van der Waals surface area (Å²) < 4.78 is 17.2. The van der Waals surface area contributed by atoms with E-state index in [-0.39, 0.29) is 35.1 Å². The number of likely N-dealkylation sites (tertiary alicyclic amines) is 1. The number of piperidine rings is 1. The lowest BCUT2D eigenvalue weighted by Crippen LogP contribution is -2.64. The third-order valence-corrected chi connectivity index (χ3v) is 10.5. The van der Waals surface area contributed by atoms with E-state index < -0.39 is 11.2 Å². The van der Waals surface area contributed by atoms with Crippen LogP contribution >= 0.6 is 0 Å². The molecule has 1 saturated heterocycles. The number of carbonyl (C=O) groups excluding carboxylic acids is 2. The van der Waals surface area contributed by atoms with Crippen molar-refractivity contribution >= 4 is 40.0 Å². The smallest absolute Gasteiger partial charge is 0.251 e. The molecule has 1 saturated carbocycles. The molecule has 1 aliphatic carbocycles. The van der Waals surface area contributed by atoms with E-state index >= 15 is 4.39 Å². The first-order valence-electron chi connectivity index (χ1n) is 17.2. The number of imidazole rings is 1. The van der Waals surface area contributed by atoms with Crippen LogP contribution in [-0.4, -0.2) is 67.4 Å². The maximum atomic E-state index is 15.2. The topological polar surface area (TPSA) is 108 Å². The van der Waals surface area contributed by atoms with Crippen LogP contribution in [0, 0.1) is 5.82 Å². The van der Waals surface area contributed by atoms with Gasteiger partial charge in [0.2, 0.25) is 5.91 Å². The molecule has 3 aromatic heterocycles. The number of halogens is 1. The lowest BCUT2D eigenvalue weighted by molar-refractivity contribution is -0.123. The van der Waals surface area contributed by atoms with Crippen LogP contribution in [0.3, 0.4) is 0 Å². The van der Waals surface area contributed by atoms with Gasteiger partial charge in [-0.05, 0) is 111 Å². The summed E-state index contributed by atoms with van der Waals surface area (Å²) in [6, 6.07) is 8.35. The van der Waals surface area contributed by atoms with E-state index in [2.05, 4.69) is 27.4 Å². The first-order valence-corrected chi connectivity index (χ1v) is 17.2. The lowest BCUT2D eigenvalue weighted by Gasteiger charge is -2.55. The number of anilines is 3. The molecule has 252 valence electrons. The molecule has 11 heteroatoms. The minimum absolute atomic E-state index is 0.0660. The van der Waals surface area contributed by atoms with Crippen LogP contribution in [0.2, 0.25) is 0 Å². The van der Waals surface area contributed by atoms with Crippen LogP contribution in [0.25, 0.3) is 22.3 Å². The molecule has 4 aromatic rings. The SMILES string of the molecule is CCNC(=O)c1ccc(F)c(Nc2nc(-c3cnc4c(c3)N([C@H]3C[C@@](C)(N5CCCCC5)C3)C(=O)C4(C)C)cc3ncn(C(C)C)c23)c1. The Bertz CT molecular complexity index is 1900. The summed E-state index contributed by atoms with van der Waals surface area (Å²) in [6.07, 6.45) is 9.16. The number of pyridine rings is 2. The highest BCUT2D eigenvalue weighted by Gasteiger charge is 2.54. The number of fused-ring (bicyclic) bond motifs is 2. The number of nitrogens with zero attached hydrogens (tertiary/aromatic N) is 6. The zero-order valence-corrected chi connectivity index (χ0v) is 28.7. The minimum atomic E-state index is -0.738. The molecule has 2 aliphatic heterocycles. The van der Waals surface area contributed by atoms with Crippen molar-refractivity contribution in [2.75, 3.05) is 29.9 Å². The molecule has 7 rings (SSSR count).